The normalized spacial score (nSPS) is 0. The molecule has 0 aromatic rings. The number of hydrogen-bond donors (Lipinski definition) is 0. The van der Waals surface area contributed by atoms with Gasteiger partial charge in [-0.15, -0.1) is 0 Å². The fourth-order valence-corrected chi connectivity index (χ4v) is 0. The van der Waals surface area contributed by atoms with E-state index in [9.17, 15) is 0 Å². The van der Waals surface area contributed by atoms with Crippen LogP contribution in [0, 0.1) is 0 Å². The van der Waals surface area contributed by atoms with E-state index in [0.717, 1.165) is 0 Å². The van der Waals surface area contributed by atoms with Gasteiger partial charge in [-0.2, -0.15) is 13.5 Å². The summed E-state index contributed by atoms with van der Waals surface area (Å²) in [4.78, 5) is 0. The van der Waals surface area contributed by atoms with Gasteiger partial charge in [-0.3, -0.25) is 0 Å². The number of rotatable bonds is 0. The topological polar surface area (TPSA) is 0 Å². The van der Waals surface area contributed by atoms with Crippen LogP contribution in [0.5, 0.6) is 0 Å². The van der Waals surface area contributed by atoms with Crippen LogP contribution in [-0.2, 0) is 70.4 Å². The predicted molar refractivity (Wildman–Crippen MR) is 10.4 cm³/mol. The van der Waals surface area contributed by atoms with Crippen LogP contribution < -0.4 is 0 Å². The molecule has 0 aliphatic rings. The van der Waals surface area contributed by atoms with Crippen LogP contribution in [0.25, 0.3) is 0 Å². The fourth-order valence-electron chi connectivity index (χ4n) is 0. The third kappa shape index (κ3) is 21.0. The Kier molecular flexibility index (Phi) is 315. The summed E-state index contributed by atoms with van der Waals surface area (Å²) in [5, 5.41) is 0. The summed E-state index contributed by atoms with van der Waals surface area (Å²) in [6, 6.07) is 0. The van der Waals surface area contributed by atoms with Crippen molar-refractivity contribution in [3.63, 3.8) is 0 Å². The van der Waals surface area contributed by atoms with E-state index in [1.807, 2.05) is 0 Å². The van der Waals surface area contributed by atoms with Crippen LogP contribution in [-0.4, -0.2) is 0 Å². The Bertz CT molecular complexity index is 9.61. The molecule has 5 heavy (non-hydrogen) atoms. The van der Waals surface area contributed by atoms with Crippen LogP contribution in [0.4, 0.5) is 0 Å². The Labute approximate surface area is 83.0 Å². The first-order chi connectivity index (χ1) is 0. The first kappa shape index (κ1) is 50.4. The van der Waals surface area contributed by atoms with Gasteiger partial charge >= 0.3 is 0 Å². The van der Waals surface area contributed by atoms with E-state index in [1.165, 1.54) is 0 Å². The van der Waals surface area contributed by atoms with Gasteiger partial charge in [0.05, 0.1) is 0 Å². The van der Waals surface area contributed by atoms with Gasteiger partial charge in [0, 0.05) is 70.4 Å². The predicted octanol–water partition coefficient (Wildman–Crippen LogP) is 0.103. The summed E-state index contributed by atoms with van der Waals surface area (Å²) >= 11 is 0. The van der Waals surface area contributed by atoms with E-state index in [4.69, 9.17) is 0 Å². The summed E-state index contributed by atoms with van der Waals surface area (Å²) in [7, 11) is 0. The van der Waals surface area contributed by atoms with Crippen LogP contribution in [0.15, 0.2) is 0 Å². The molecule has 0 amide bonds. The van der Waals surface area contributed by atoms with Gasteiger partial charge in [-0.25, -0.2) is 0 Å². The zero-order chi connectivity index (χ0) is 0. The Hall–Kier alpha value is 2.52. The summed E-state index contributed by atoms with van der Waals surface area (Å²) in [5.41, 5.74) is 0. The second-order valence-corrected chi connectivity index (χ2v) is 0. The summed E-state index contributed by atoms with van der Waals surface area (Å²) in [6.07, 6.45) is 0. The molecule has 5 heteroatoms. The third-order valence-electron chi connectivity index (χ3n) is 0. The molecule has 0 rings (SSSR count). The van der Waals surface area contributed by atoms with Gasteiger partial charge in [0.1, 0.15) is 0 Å². The van der Waals surface area contributed by atoms with Gasteiger partial charge in [-0.05, 0) is 0 Å². The van der Waals surface area contributed by atoms with Gasteiger partial charge in [0.15, 0.2) is 0 Å². The van der Waals surface area contributed by atoms with E-state index >= 15 is 0 Å². The summed E-state index contributed by atoms with van der Waals surface area (Å²) < 4.78 is 0. The Balaban J connectivity index is 0. The van der Waals surface area contributed by atoms with E-state index in [0.29, 0.717) is 0 Å². The maximum atomic E-state index is 0. The van der Waals surface area contributed by atoms with Gasteiger partial charge in [-0.1, -0.05) is 0 Å². The van der Waals surface area contributed by atoms with Crippen LogP contribution >= 0.6 is 13.5 Å². The average Bonchev–Trinajstić information content (AvgIpc) is 0. The van der Waals surface area contributed by atoms with Crippen molar-refractivity contribution in [2.24, 2.45) is 0 Å². The molecule has 0 nitrogen and oxygen atoms in total. The number of hydrogen-bond acceptors (Lipinski definition) is 0. The van der Waals surface area contributed by atoms with Crippen molar-refractivity contribution >= 4 is 13.5 Å². The Morgan fingerprint density at radius 3 is 0.800 bits per heavy atom. The second-order valence-electron chi connectivity index (χ2n) is 0. The molecule has 0 heterocycles. The minimum Gasteiger partial charge on any atom is -0.197 e. The Morgan fingerprint density at radius 2 is 0.800 bits per heavy atom. The SMILES string of the molecule is S.[Co].[Cu].[Cu].[Zn]. The molecule has 0 unspecified atom stereocenters. The molecular weight excluding hydrogens is 283 g/mol. The maximum Gasteiger partial charge on any atom is 0 e. The van der Waals surface area contributed by atoms with Gasteiger partial charge in [0.2, 0.25) is 0 Å². The van der Waals surface area contributed by atoms with Gasteiger partial charge < -0.3 is 0 Å². The van der Waals surface area contributed by atoms with Crippen molar-refractivity contribution in [3.05, 3.63) is 0 Å². The van der Waals surface area contributed by atoms with Crippen molar-refractivity contribution in [3.8, 4) is 0 Å². The molecule has 3 radical (unpaired) electrons. The molecule has 41 valence electrons. The van der Waals surface area contributed by atoms with Crippen molar-refractivity contribution in [2.45, 2.75) is 0 Å². The van der Waals surface area contributed by atoms with Crippen molar-refractivity contribution in [1.29, 1.82) is 0 Å². The van der Waals surface area contributed by atoms with Gasteiger partial charge in [0.25, 0.3) is 0 Å². The first-order valence-electron chi connectivity index (χ1n) is 0. The monoisotopic (exact) mass is 283 g/mol. The molecule has 0 N–H and O–H groups in total. The summed E-state index contributed by atoms with van der Waals surface area (Å²) in [5.74, 6) is 0. The van der Waals surface area contributed by atoms with Crippen molar-refractivity contribution in [1.82, 2.24) is 0 Å². The summed E-state index contributed by atoms with van der Waals surface area (Å²) in [6.45, 7) is 0. The zero-order valence-electron chi connectivity index (χ0n) is 2.14. The minimum absolute atomic E-state index is 0. The molecule has 0 aliphatic heterocycles. The average molecular weight is 285 g/mol. The molecule has 0 saturated heterocycles. The fraction of sp³-hybridized carbons (Fsp3) is 0. The van der Waals surface area contributed by atoms with Crippen LogP contribution in [0.3, 0.4) is 0 Å². The third-order valence-corrected chi connectivity index (χ3v) is 0. The van der Waals surface area contributed by atoms with E-state index in [1.54, 1.807) is 0 Å². The minimum atomic E-state index is 0. The molecule has 0 saturated carbocycles. The van der Waals surface area contributed by atoms with E-state index < -0.39 is 0 Å². The quantitative estimate of drug-likeness (QED) is 0.554. The van der Waals surface area contributed by atoms with Crippen LogP contribution in [0.1, 0.15) is 0 Å². The molecule has 0 aromatic carbocycles. The van der Waals surface area contributed by atoms with Crippen molar-refractivity contribution < 1.29 is 70.4 Å². The molecule has 0 fully saturated rings. The van der Waals surface area contributed by atoms with E-state index in [2.05, 4.69) is 0 Å². The standard InChI is InChI=1S/Co.2Cu.H2S.Zn/h;;;1H2;. The molecule has 0 aromatic heterocycles. The van der Waals surface area contributed by atoms with E-state index in [-0.39, 0.29) is 83.9 Å². The Morgan fingerprint density at radius 1 is 0.800 bits per heavy atom. The smallest absolute Gasteiger partial charge is 0 e. The molecule has 0 aliphatic carbocycles. The molecular formula is H2CoCu2SZn. The van der Waals surface area contributed by atoms with Crippen LogP contribution in [0.2, 0.25) is 0 Å². The van der Waals surface area contributed by atoms with Crippen molar-refractivity contribution in [2.75, 3.05) is 0 Å². The molecule has 0 bridgehead atoms. The largest absolute Gasteiger partial charge is 0.197 e. The maximum absolute atomic E-state index is 0. The molecule has 0 spiro atoms. The zero-order valence-corrected chi connectivity index (χ0v) is 9.03. The molecule has 0 atom stereocenters. The second kappa shape index (κ2) is 31.3. The first-order valence-corrected chi connectivity index (χ1v) is 0.